The molecule has 0 aliphatic carbocycles. The van der Waals surface area contributed by atoms with Crippen LogP contribution < -0.4 is 0 Å². The van der Waals surface area contributed by atoms with Crippen LogP contribution in [0.15, 0.2) is 18.3 Å². The van der Waals surface area contributed by atoms with Crippen LogP contribution in [0, 0.1) is 0 Å². The van der Waals surface area contributed by atoms with Crippen LogP contribution in [0.3, 0.4) is 0 Å². The summed E-state index contributed by atoms with van der Waals surface area (Å²) in [5.41, 5.74) is 0.640. The summed E-state index contributed by atoms with van der Waals surface area (Å²) < 4.78 is 7.47. The second kappa shape index (κ2) is 4.43. The summed E-state index contributed by atoms with van der Waals surface area (Å²) in [4.78, 5) is 14.5. The summed E-state index contributed by atoms with van der Waals surface area (Å²) in [7, 11) is 4.06. The molecule has 0 aromatic carbocycles. The van der Waals surface area contributed by atoms with Crippen molar-refractivity contribution in [3.63, 3.8) is 0 Å². The van der Waals surface area contributed by atoms with Crippen molar-refractivity contribution in [3.05, 3.63) is 24.0 Å². The average molecular weight is 248 g/mol. The molecule has 2 aliphatic rings. The van der Waals surface area contributed by atoms with Crippen molar-refractivity contribution in [1.82, 2.24) is 9.47 Å². The van der Waals surface area contributed by atoms with Crippen molar-refractivity contribution < 1.29 is 9.53 Å². The molecular weight excluding hydrogens is 228 g/mol. The van der Waals surface area contributed by atoms with E-state index in [0.717, 1.165) is 12.8 Å². The maximum Gasteiger partial charge on any atom is 0.355 e. The highest BCUT2D eigenvalue weighted by molar-refractivity contribution is 5.87. The molecule has 1 aromatic heterocycles. The van der Waals surface area contributed by atoms with Crippen LogP contribution in [0.1, 0.15) is 36.2 Å². The number of hydrogen-bond acceptors (Lipinski definition) is 3. The number of rotatable bonds is 2. The Balaban J connectivity index is 1.65. The highest BCUT2D eigenvalue weighted by atomic mass is 16.5. The summed E-state index contributed by atoms with van der Waals surface area (Å²) in [6, 6.07) is 4.89. The van der Waals surface area contributed by atoms with Gasteiger partial charge in [-0.2, -0.15) is 0 Å². The summed E-state index contributed by atoms with van der Waals surface area (Å²) in [6.45, 7) is 0. The number of aryl methyl sites for hydroxylation is 1. The van der Waals surface area contributed by atoms with Crippen LogP contribution >= 0.6 is 0 Å². The largest absolute Gasteiger partial charge is 0.458 e. The van der Waals surface area contributed by atoms with E-state index < -0.39 is 0 Å². The Labute approximate surface area is 108 Å². The van der Waals surface area contributed by atoms with Gasteiger partial charge in [-0.3, -0.25) is 0 Å². The lowest BCUT2D eigenvalue weighted by Crippen LogP contribution is -2.43. The molecule has 3 atom stereocenters. The Morgan fingerprint density at radius 2 is 1.94 bits per heavy atom. The van der Waals surface area contributed by atoms with E-state index in [4.69, 9.17) is 4.74 Å². The molecule has 2 aliphatic heterocycles. The third kappa shape index (κ3) is 1.94. The second-order valence-corrected chi connectivity index (χ2v) is 5.55. The third-order valence-corrected chi connectivity index (χ3v) is 4.48. The Morgan fingerprint density at radius 3 is 2.50 bits per heavy atom. The molecule has 0 amide bonds. The molecule has 0 saturated carbocycles. The zero-order valence-corrected chi connectivity index (χ0v) is 11.0. The van der Waals surface area contributed by atoms with E-state index in [1.54, 1.807) is 0 Å². The van der Waals surface area contributed by atoms with Crippen LogP contribution in [0.4, 0.5) is 0 Å². The molecule has 1 unspecified atom stereocenters. The summed E-state index contributed by atoms with van der Waals surface area (Å²) in [6.07, 6.45) is 6.45. The van der Waals surface area contributed by atoms with Crippen molar-refractivity contribution >= 4 is 5.97 Å². The Kier molecular flexibility index (Phi) is 2.90. The van der Waals surface area contributed by atoms with Crippen molar-refractivity contribution in [2.75, 3.05) is 7.05 Å². The fourth-order valence-corrected chi connectivity index (χ4v) is 3.34. The Bertz CT molecular complexity index is 440. The van der Waals surface area contributed by atoms with Crippen molar-refractivity contribution in [2.24, 2.45) is 7.05 Å². The van der Waals surface area contributed by atoms with Crippen LogP contribution in [0.2, 0.25) is 0 Å². The zero-order valence-electron chi connectivity index (χ0n) is 11.0. The topological polar surface area (TPSA) is 34.5 Å². The van der Waals surface area contributed by atoms with E-state index in [-0.39, 0.29) is 12.1 Å². The molecule has 2 bridgehead atoms. The predicted molar refractivity (Wildman–Crippen MR) is 68.4 cm³/mol. The summed E-state index contributed by atoms with van der Waals surface area (Å²) in [5.74, 6) is -0.184. The lowest BCUT2D eigenvalue weighted by atomic mass is 10.0. The SMILES string of the molecule is CN1[C@@H]2CC[C@H]1CC(OC(=O)c1cccn1C)C2. The molecular formula is C14H20N2O2. The lowest BCUT2D eigenvalue weighted by molar-refractivity contribution is -0.00129. The van der Waals surface area contributed by atoms with E-state index in [2.05, 4.69) is 11.9 Å². The quantitative estimate of drug-likeness (QED) is 0.749. The van der Waals surface area contributed by atoms with Gasteiger partial charge in [0, 0.05) is 38.2 Å². The van der Waals surface area contributed by atoms with Gasteiger partial charge < -0.3 is 14.2 Å². The minimum atomic E-state index is -0.184. The van der Waals surface area contributed by atoms with Gasteiger partial charge in [0.2, 0.25) is 0 Å². The van der Waals surface area contributed by atoms with Crippen molar-refractivity contribution in [2.45, 2.75) is 43.9 Å². The maximum absolute atomic E-state index is 12.1. The smallest absolute Gasteiger partial charge is 0.355 e. The number of esters is 1. The average Bonchev–Trinajstić information content (AvgIpc) is 2.82. The van der Waals surface area contributed by atoms with Crippen LogP contribution in [0.5, 0.6) is 0 Å². The van der Waals surface area contributed by atoms with Crippen LogP contribution in [-0.4, -0.2) is 40.7 Å². The number of hydrogen-bond donors (Lipinski definition) is 0. The molecule has 3 heterocycles. The van der Waals surface area contributed by atoms with Gasteiger partial charge in [0.25, 0.3) is 0 Å². The first-order valence-electron chi connectivity index (χ1n) is 6.69. The molecule has 0 radical (unpaired) electrons. The Hall–Kier alpha value is -1.29. The molecule has 0 N–H and O–H groups in total. The highest BCUT2D eigenvalue weighted by Gasteiger charge is 2.40. The Morgan fingerprint density at radius 1 is 1.28 bits per heavy atom. The van der Waals surface area contributed by atoms with E-state index in [1.807, 2.05) is 29.9 Å². The molecule has 4 heteroatoms. The molecule has 1 aromatic rings. The van der Waals surface area contributed by atoms with Gasteiger partial charge in [-0.25, -0.2) is 4.79 Å². The van der Waals surface area contributed by atoms with Crippen molar-refractivity contribution in [3.8, 4) is 0 Å². The van der Waals surface area contributed by atoms with E-state index in [9.17, 15) is 4.79 Å². The first kappa shape index (κ1) is 11.8. The molecule has 18 heavy (non-hydrogen) atoms. The molecule has 3 rings (SSSR count). The standard InChI is InChI=1S/C14H20N2O2/c1-15-7-3-4-13(15)14(17)18-12-8-10-5-6-11(9-12)16(10)2/h3-4,7,10-12H,5-6,8-9H2,1-2H3/t10-,11+,12?. The van der Waals surface area contributed by atoms with Gasteiger partial charge in [0.15, 0.2) is 0 Å². The van der Waals surface area contributed by atoms with Gasteiger partial charge in [-0.15, -0.1) is 0 Å². The van der Waals surface area contributed by atoms with Crippen LogP contribution in [0.25, 0.3) is 0 Å². The lowest BCUT2D eigenvalue weighted by Gasteiger charge is -2.35. The fourth-order valence-electron chi connectivity index (χ4n) is 3.34. The fraction of sp³-hybridized carbons (Fsp3) is 0.643. The minimum Gasteiger partial charge on any atom is -0.458 e. The number of aromatic nitrogens is 1. The van der Waals surface area contributed by atoms with Gasteiger partial charge >= 0.3 is 5.97 Å². The first-order valence-corrected chi connectivity index (χ1v) is 6.69. The van der Waals surface area contributed by atoms with Gasteiger partial charge in [-0.1, -0.05) is 0 Å². The van der Waals surface area contributed by atoms with E-state index >= 15 is 0 Å². The summed E-state index contributed by atoms with van der Waals surface area (Å²) >= 11 is 0. The monoisotopic (exact) mass is 248 g/mol. The highest BCUT2D eigenvalue weighted by Crippen LogP contribution is 2.35. The number of ether oxygens (including phenoxy) is 1. The molecule has 0 spiro atoms. The minimum absolute atomic E-state index is 0.0982. The number of fused-ring (bicyclic) bond motifs is 2. The second-order valence-electron chi connectivity index (χ2n) is 5.55. The summed E-state index contributed by atoms with van der Waals surface area (Å²) in [5, 5.41) is 0. The van der Waals surface area contributed by atoms with Crippen LogP contribution in [-0.2, 0) is 11.8 Å². The molecule has 4 nitrogen and oxygen atoms in total. The molecule has 98 valence electrons. The predicted octanol–water partition coefficient (Wildman–Crippen LogP) is 1.81. The van der Waals surface area contributed by atoms with Gasteiger partial charge in [0.05, 0.1) is 0 Å². The zero-order chi connectivity index (χ0) is 12.7. The normalized spacial score (nSPS) is 31.6. The number of nitrogens with zero attached hydrogens (tertiary/aromatic N) is 2. The first-order chi connectivity index (χ1) is 8.65. The number of carbonyl (C=O) groups excluding carboxylic acids is 1. The van der Waals surface area contributed by atoms with Crippen molar-refractivity contribution in [1.29, 1.82) is 0 Å². The maximum atomic E-state index is 12.1. The number of piperidine rings is 1. The van der Waals surface area contributed by atoms with E-state index in [0.29, 0.717) is 17.8 Å². The van der Waals surface area contributed by atoms with E-state index in [1.165, 1.54) is 12.8 Å². The molecule has 2 fully saturated rings. The third-order valence-electron chi connectivity index (χ3n) is 4.48. The van der Waals surface area contributed by atoms with Gasteiger partial charge in [0.1, 0.15) is 11.8 Å². The van der Waals surface area contributed by atoms with Gasteiger partial charge in [-0.05, 0) is 32.0 Å². The molecule has 2 saturated heterocycles. The number of carbonyl (C=O) groups is 1.